The Bertz CT molecular complexity index is 514. The first-order valence-electron chi connectivity index (χ1n) is 5.48. The first-order chi connectivity index (χ1) is 7.72. The standard InChI is InChI=1S/C11H16BrNO2S2/c1-7-4-9(16-10(7)12)17(14,15)13-6-8-5-11(8,2)3/h4,8,13H,5-6H2,1-3H3. The van der Waals surface area contributed by atoms with Crippen molar-refractivity contribution in [2.24, 2.45) is 11.3 Å². The van der Waals surface area contributed by atoms with Crippen LogP contribution in [0.25, 0.3) is 0 Å². The maximum Gasteiger partial charge on any atom is 0.250 e. The summed E-state index contributed by atoms with van der Waals surface area (Å²) in [5.41, 5.74) is 1.26. The number of hydrogen-bond donors (Lipinski definition) is 1. The van der Waals surface area contributed by atoms with Gasteiger partial charge in [0.15, 0.2) is 0 Å². The smallest absolute Gasteiger partial charge is 0.210 e. The van der Waals surface area contributed by atoms with Gasteiger partial charge >= 0.3 is 0 Å². The zero-order valence-corrected chi connectivity index (χ0v) is 13.3. The van der Waals surface area contributed by atoms with Crippen molar-refractivity contribution in [3.63, 3.8) is 0 Å². The molecule has 1 aliphatic carbocycles. The molecule has 1 atom stereocenters. The van der Waals surface area contributed by atoms with Crippen LogP contribution in [0.4, 0.5) is 0 Å². The average Bonchev–Trinajstić information content (AvgIpc) is 2.67. The number of nitrogens with one attached hydrogen (secondary N) is 1. The lowest BCUT2D eigenvalue weighted by atomic mass is 10.1. The van der Waals surface area contributed by atoms with Gasteiger partial charge in [-0.25, -0.2) is 13.1 Å². The molecule has 0 amide bonds. The summed E-state index contributed by atoms with van der Waals surface area (Å²) in [6.45, 7) is 6.77. The molecular weight excluding hydrogens is 322 g/mol. The highest BCUT2D eigenvalue weighted by Gasteiger charge is 2.45. The third-order valence-electron chi connectivity index (χ3n) is 3.34. The van der Waals surface area contributed by atoms with Crippen molar-refractivity contribution in [1.29, 1.82) is 0 Å². The van der Waals surface area contributed by atoms with Gasteiger partial charge in [0.2, 0.25) is 10.0 Å². The Morgan fingerprint density at radius 3 is 2.59 bits per heavy atom. The minimum absolute atomic E-state index is 0.300. The van der Waals surface area contributed by atoms with Gasteiger partial charge in [0.05, 0.1) is 3.79 Å². The highest BCUT2D eigenvalue weighted by molar-refractivity contribution is 9.11. The molecule has 1 N–H and O–H groups in total. The lowest BCUT2D eigenvalue weighted by Crippen LogP contribution is -2.26. The average molecular weight is 338 g/mol. The molecule has 17 heavy (non-hydrogen) atoms. The molecule has 0 bridgehead atoms. The fourth-order valence-corrected chi connectivity index (χ4v) is 5.12. The minimum atomic E-state index is -3.33. The van der Waals surface area contributed by atoms with Crippen molar-refractivity contribution in [2.45, 2.75) is 31.4 Å². The maximum atomic E-state index is 12.0. The van der Waals surface area contributed by atoms with Crippen LogP contribution in [0.5, 0.6) is 0 Å². The van der Waals surface area contributed by atoms with Crippen LogP contribution >= 0.6 is 27.3 Å². The van der Waals surface area contributed by atoms with E-state index in [4.69, 9.17) is 0 Å². The Morgan fingerprint density at radius 2 is 2.18 bits per heavy atom. The molecule has 1 heterocycles. The van der Waals surface area contributed by atoms with Gasteiger partial charge in [-0.05, 0) is 52.2 Å². The molecule has 96 valence electrons. The highest BCUT2D eigenvalue weighted by Crippen LogP contribution is 2.51. The number of thiophene rings is 1. The van der Waals surface area contributed by atoms with Crippen LogP contribution in [0, 0.1) is 18.3 Å². The van der Waals surface area contributed by atoms with Gasteiger partial charge in [-0.1, -0.05) is 13.8 Å². The Labute approximate surface area is 115 Å². The zero-order valence-electron chi connectivity index (χ0n) is 10.1. The van der Waals surface area contributed by atoms with E-state index in [0.717, 1.165) is 15.8 Å². The van der Waals surface area contributed by atoms with E-state index in [-0.39, 0.29) is 0 Å². The van der Waals surface area contributed by atoms with E-state index in [1.165, 1.54) is 11.3 Å². The topological polar surface area (TPSA) is 46.2 Å². The molecule has 3 nitrogen and oxygen atoms in total. The van der Waals surface area contributed by atoms with Gasteiger partial charge in [0, 0.05) is 6.54 Å². The molecule has 0 radical (unpaired) electrons. The molecule has 1 aliphatic rings. The molecule has 0 saturated heterocycles. The molecule has 0 aromatic carbocycles. The summed E-state index contributed by atoms with van der Waals surface area (Å²) in [5.74, 6) is 0.474. The van der Waals surface area contributed by atoms with Crippen LogP contribution in [0.2, 0.25) is 0 Å². The first-order valence-corrected chi connectivity index (χ1v) is 8.57. The van der Waals surface area contributed by atoms with Crippen molar-refractivity contribution in [3.05, 3.63) is 15.4 Å². The summed E-state index contributed by atoms with van der Waals surface area (Å²) in [6.07, 6.45) is 1.10. The molecule has 0 aliphatic heterocycles. The third kappa shape index (κ3) is 2.92. The third-order valence-corrected chi connectivity index (χ3v) is 7.37. The predicted molar refractivity (Wildman–Crippen MR) is 73.8 cm³/mol. The second-order valence-corrected chi connectivity index (χ2v) is 9.63. The van der Waals surface area contributed by atoms with Crippen LogP contribution in [0.1, 0.15) is 25.8 Å². The molecule has 6 heteroatoms. The first kappa shape index (κ1) is 13.5. The van der Waals surface area contributed by atoms with Crippen LogP contribution in [0.15, 0.2) is 14.1 Å². The summed E-state index contributed by atoms with van der Waals surface area (Å²) < 4.78 is 28.0. The summed E-state index contributed by atoms with van der Waals surface area (Å²) in [7, 11) is -3.33. The van der Waals surface area contributed by atoms with Crippen molar-refractivity contribution in [1.82, 2.24) is 4.72 Å². The number of aryl methyl sites for hydroxylation is 1. The molecule has 1 aromatic rings. The molecule has 2 rings (SSSR count). The second kappa shape index (κ2) is 4.33. The summed E-state index contributed by atoms with van der Waals surface area (Å²) >= 11 is 4.60. The summed E-state index contributed by atoms with van der Waals surface area (Å²) in [6, 6.07) is 1.70. The Balaban J connectivity index is 2.04. The Hall–Kier alpha value is 0.0900. The largest absolute Gasteiger partial charge is 0.250 e. The summed E-state index contributed by atoms with van der Waals surface area (Å²) in [4.78, 5) is 0. The SMILES string of the molecule is Cc1cc(S(=O)(=O)NCC2CC2(C)C)sc1Br. The fourth-order valence-electron chi connectivity index (χ4n) is 1.77. The van der Waals surface area contributed by atoms with E-state index >= 15 is 0 Å². The monoisotopic (exact) mass is 337 g/mol. The maximum absolute atomic E-state index is 12.0. The van der Waals surface area contributed by atoms with Crippen molar-refractivity contribution >= 4 is 37.3 Å². The Kier molecular flexibility index (Phi) is 3.44. The number of hydrogen-bond acceptors (Lipinski definition) is 3. The van der Waals surface area contributed by atoms with Crippen LogP contribution < -0.4 is 4.72 Å². The molecule has 1 aromatic heterocycles. The van der Waals surface area contributed by atoms with Gasteiger partial charge in [-0.15, -0.1) is 11.3 Å². The second-order valence-electron chi connectivity index (χ2n) is 5.26. The summed E-state index contributed by atoms with van der Waals surface area (Å²) in [5, 5.41) is 0. The van der Waals surface area contributed by atoms with Crippen molar-refractivity contribution in [2.75, 3.05) is 6.54 Å². The molecule has 0 spiro atoms. The van der Waals surface area contributed by atoms with E-state index in [9.17, 15) is 8.42 Å². The van der Waals surface area contributed by atoms with E-state index in [1.807, 2.05) is 6.92 Å². The molecule has 1 unspecified atom stereocenters. The van der Waals surface area contributed by atoms with Crippen LogP contribution in [-0.2, 0) is 10.0 Å². The lowest BCUT2D eigenvalue weighted by molar-refractivity contribution is 0.538. The van der Waals surface area contributed by atoms with Gasteiger partial charge in [-0.3, -0.25) is 0 Å². The van der Waals surface area contributed by atoms with Gasteiger partial charge < -0.3 is 0 Å². The predicted octanol–water partition coefficient (Wildman–Crippen LogP) is 3.14. The molecule has 1 fully saturated rings. The van der Waals surface area contributed by atoms with Gasteiger partial charge in [-0.2, -0.15) is 0 Å². The number of sulfonamides is 1. The van der Waals surface area contributed by atoms with Crippen molar-refractivity contribution in [3.8, 4) is 0 Å². The van der Waals surface area contributed by atoms with E-state index < -0.39 is 10.0 Å². The fraction of sp³-hybridized carbons (Fsp3) is 0.636. The van der Waals surface area contributed by atoms with E-state index in [0.29, 0.717) is 22.1 Å². The van der Waals surface area contributed by atoms with Gasteiger partial charge in [0.25, 0.3) is 0 Å². The Morgan fingerprint density at radius 1 is 1.59 bits per heavy atom. The highest BCUT2D eigenvalue weighted by atomic mass is 79.9. The lowest BCUT2D eigenvalue weighted by Gasteiger charge is -2.05. The molecule has 1 saturated carbocycles. The quantitative estimate of drug-likeness (QED) is 0.917. The number of rotatable bonds is 4. The number of halogens is 1. The zero-order chi connectivity index (χ0) is 12.8. The minimum Gasteiger partial charge on any atom is -0.210 e. The molecular formula is C11H16BrNO2S2. The van der Waals surface area contributed by atoms with Crippen LogP contribution in [0.3, 0.4) is 0 Å². The van der Waals surface area contributed by atoms with Crippen molar-refractivity contribution < 1.29 is 8.42 Å². The normalized spacial score (nSPS) is 22.7. The van der Waals surface area contributed by atoms with Gasteiger partial charge in [0.1, 0.15) is 4.21 Å². The van der Waals surface area contributed by atoms with E-state index in [2.05, 4.69) is 34.5 Å². The van der Waals surface area contributed by atoms with Crippen LogP contribution in [-0.4, -0.2) is 15.0 Å². The van der Waals surface area contributed by atoms with E-state index in [1.54, 1.807) is 6.07 Å².